The summed E-state index contributed by atoms with van der Waals surface area (Å²) >= 11 is 1.21. The highest BCUT2D eigenvalue weighted by Gasteiger charge is 2.18. The number of hydrogen-bond acceptors (Lipinski definition) is 5. The van der Waals surface area contributed by atoms with Crippen LogP contribution in [0.15, 0.2) is 53.4 Å². The van der Waals surface area contributed by atoms with Crippen LogP contribution >= 0.6 is 11.3 Å². The number of para-hydroxylation sites is 1. The van der Waals surface area contributed by atoms with Crippen molar-refractivity contribution in [3.63, 3.8) is 0 Å². The van der Waals surface area contributed by atoms with Gasteiger partial charge in [0.15, 0.2) is 5.13 Å². The molecule has 0 atom stereocenters. The molecule has 0 spiro atoms. The molecular weight excluding hydrogens is 324 g/mol. The third-order valence-corrected chi connectivity index (χ3v) is 5.32. The van der Waals surface area contributed by atoms with Gasteiger partial charge in [0.05, 0.1) is 20.7 Å². The molecule has 0 saturated heterocycles. The fraction of sp³-hybridized carbons (Fsp3) is 0. The van der Waals surface area contributed by atoms with Crippen LogP contribution in [0, 0.1) is 0 Å². The van der Waals surface area contributed by atoms with Crippen molar-refractivity contribution in [1.82, 2.24) is 4.98 Å². The lowest BCUT2D eigenvalue weighted by atomic mass is 10.2. The highest BCUT2D eigenvalue weighted by atomic mass is 32.2. The molecule has 8 heteroatoms. The highest BCUT2D eigenvalue weighted by Crippen LogP contribution is 2.27. The Morgan fingerprint density at radius 1 is 1.14 bits per heavy atom. The van der Waals surface area contributed by atoms with Gasteiger partial charge < -0.3 is 5.11 Å². The topological polar surface area (TPSA) is 96.4 Å². The van der Waals surface area contributed by atoms with Crippen molar-refractivity contribution in [3.05, 3.63) is 54.1 Å². The molecule has 2 N–H and O–H groups in total. The van der Waals surface area contributed by atoms with E-state index in [0.29, 0.717) is 5.52 Å². The molecule has 6 nitrogen and oxygen atoms in total. The van der Waals surface area contributed by atoms with Gasteiger partial charge in [0.25, 0.3) is 10.0 Å². The Bertz CT molecular complexity index is 931. The van der Waals surface area contributed by atoms with Gasteiger partial charge in [-0.15, -0.1) is 0 Å². The number of benzene rings is 2. The first kappa shape index (κ1) is 14.5. The number of carboxylic acid groups (broad SMARTS) is 1. The lowest BCUT2D eigenvalue weighted by molar-refractivity contribution is 0.0696. The molecule has 3 rings (SSSR count). The zero-order valence-electron chi connectivity index (χ0n) is 11.1. The Kier molecular flexibility index (Phi) is 3.55. The minimum absolute atomic E-state index is 0.0906. The van der Waals surface area contributed by atoms with Crippen molar-refractivity contribution < 1.29 is 18.3 Å². The number of carbonyl (C=O) groups is 1. The third-order valence-electron chi connectivity index (χ3n) is 2.91. The molecule has 3 aromatic rings. The Balaban J connectivity index is 1.96. The van der Waals surface area contributed by atoms with Crippen molar-refractivity contribution in [3.8, 4) is 0 Å². The van der Waals surface area contributed by atoms with E-state index in [9.17, 15) is 13.2 Å². The second-order valence-electron chi connectivity index (χ2n) is 4.43. The standard InChI is InChI=1S/C14H10N2O4S2/c17-13(18)9-4-3-5-10(8-9)22(19,20)16-14-15-11-6-1-2-7-12(11)21-14/h1-8H,(H,15,16)(H,17,18). The van der Waals surface area contributed by atoms with Gasteiger partial charge in [0, 0.05) is 0 Å². The van der Waals surface area contributed by atoms with E-state index in [1.54, 1.807) is 6.07 Å². The molecule has 1 aromatic heterocycles. The molecule has 0 saturated carbocycles. The van der Waals surface area contributed by atoms with Crippen molar-refractivity contribution in [2.75, 3.05) is 4.72 Å². The molecule has 0 aliphatic carbocycles. The minimum Gasteiger partial charge on any atom is -0.478 e. The molecule has 2 aromatic carbocycles. The highest BCUT2D eigenvalue weighted by molar-refractivity contribution is 7.93. The van der Waals surface area contributed by atoms with Crippen LogP contribution in [0.5, 0.6) is 0 Å². The van der Waals surface area contributed by atoms with Gasteiger partial charge in [0.2, 0.25) is 0 Å². The number of carboxylic acids is 1. The van der Waals surface area contributed by atoms with Gasteiger partial charge in [-0.2, -0.15) is 0 Å². The molecule has 0 unspecified atom stereocenters. The van der Waals surface area contributed by atoms with Gasteiger partial charge in [-0.25, -0.2) is 18.2 Å². The maximum Gasteiger partial charge on any atom is 0.335 e. The smallest absolute Gasteiger partial charge is 0.335 e. The molecule has 0 amide bonds. The molecule has 22 heavy (non-hydrogen) atoms. The van der Waals surface area contributed by atoms with E-state index >= 15 is 0 Å². The fourth-order valence-electron chi connectivity index (χ4n) is 1.89. The molecule has 112 valence electrons. The molecular formula is C14H10N2O4S2. The lowest BCUT2D eigenvalue weighted by Crippen LogP contribution is -2.13. The summed E-state index contributed by atoms with van der Waals surface area (Å²) in [4.78, 5) is 15.0. The maximum absolute atomic E-state index is 12.3. The number of fused-ring (bicyclic) bond motifs is 1. The van der Waals surface area contributed by atoms with E-state index in [-0.39, 0.29) is 15.6 Å². The molecule has 0 bridgehead atoms. The minimum atomic E-state index is -3.88. The number of thiazole rings is 1. The third kappa shape index (κ3) is 2.78. The number of nitrogens with zero attached hydrogens (tertiary/aromatic N) is 1. The SMILES string of the molecule is O=C(O)c1cccc(S(=O)(=O)Nc2nc3ccccc3s2)c1. The number of sulfonamides is 1. The maximum atomic E-state index is 12.3. The van der Waals surface area contributed by atoms with Crippen LogP contribution in [0.2, 0.25) is 0 Å². The second-order valence-corrected chi connectivity index (χ2v) is 7.14. The predicted octanol–water partition coefficient (Wildman–Crippen LogP) is 2.80. The van der Waals surface area contributed by atoms with Crippen LogP contribution in [0.25, 0.3) is 10.2 Å². The van der Waals surface area contributed by atoms with Gasteiger partial charge in [-0.3, -0.25) is 4.72 Å². The molecule has 0 radical (unpaired) electrons. The van der Waals surface area contributed by atoms with Crippen LogP contribution < -0.4 is 4.72 Å². The largest absolute Gasteiger partial charge is 0.478 e. The Hall–Kier alpha value is -2.45. The Labute approximate surface area is 130 Å². The Morgan fingerprint density at radius 2 is 1.91 bits per heavy atom. The average Bonchev–Trinajstić information content (AvgIpc) is 2.88. The predicted molar refractivity (Wildman–Crippen MR) is 83.8 cm³/mol. The van der Waals surface area contributed by atoms with Crippen LogP contribution in [0.1, 0.15) is 10.4 Å². The summed E-state index contributed by atoms with van der Waals surface area (Å²) in [6.45, 7) is 0. The number of aromatic carboxylic acids is 1. The summed E-state index contributed by atoms with van der Waals surface area (Å²) in [6, 6.07) is 12.5. The summed E-state index contributed by atoms with van der Waals surface area (Å²) in [7, 11) is -3.88. The number of nitrogens with one attached hydrogen (secondary N) is 1. The summed E-state index contributed by atoms with van der Waals surface area (Å²) < 4.78 is 27.9. The molecule has 0 fully saturated rings. The number of hydrogen-bond donors (Lipinski definition) is 2. The monoisotopic (exact) mass is 334 g/mol. The molecule has 1 heterocycles. The summed E-state index contributed by atoms with van der Waals surface area (Å²) in [5.41, 5.74) is 0.608. The first-order valence-corrected chi connectivity index (χ1v) is 8.47. The van der Waals surface area contributed by atoms with Crippen molar-refractivity contribution in [2.45, 2.75) is 4.90 Å². The van der Waals surface area contributed by atoms with E-state index in [1.807, 2.05) is 18.2 Å². The van der Waals surface area contributed by atoms with Gasteiger partial charge in [-0.05, 0) is 30.3 Å². The van der Waals surface area contributed by atoms with Crippen LogP contribution in [-0.4, -0.2) is 24.5 Å². The Morgan fingerprint density at radius 3 is 2.64 bits per heavy atom. The first-order valence-electron chi connectivity index (χ1n) is 6.17. The number of anilines is 1. The van der Waals surface area contributed by atoms with Gasteiger partial charge >= 0.3 is 5.97 Å². The van der Waals surface area contributed by atoms with Crippen LogP contribution in [0.4, 0.5) is 5.13 Å². The van der Waals surface area contributed by atoms with Crippen LogP contribution in [-0.2, 0) is 10.0 Å². The first-order chi connectivity index (χ1) is 10.5. The number of rotatable bonds is 4. The summed E-state index contributed by atoms with van der Waals surface area (Å²) in [5.74, 6) is -1.18. The van der Waals surface area contributed by atoms with Gasteiger partial charge in [0.1, 0.15) is 0 Å². The summed E-state index contributed by atoms with van der Waals surface area (Å²) in [5, 5.41) is 9.17. The van der Waals surface area contributed by atoms with Crippen molar-refractivity contribution in [1.29, 1.82) is 0 Å². The quantitative estimate of drug-likeness (QED) is 0.765. The second kappa shape index (κ2) is 5.39. The van der Waals surface area contributed by atoms with Crippen molar-refractivity contribution in [2.24, 2.45) is 0 Å². The molecule has 0 aliphatic rings. The zero-order valence-corrected chi connectivity index (χ0v) is 12.7. The lowest BCUT2D eigenvalue weighted by Gasteiger charge is -2.05. The normalized spacial score (nSPS) is 11.5. The zero-order chi connectivity index (χ0) is 15.7. The van der Waals surface area contributed by atoms with E-state index in [4.69, 9.17) is 5.11 Å². The average molecular weight is 334 g/mol. The van der Waals surface area contributed by atoms with E-state index in [0.717, 1.165) is 10.8 Å². The summed E-state index contributed by atoms with van der Waals surface area (Å²) in [6.07, 6.45) is 0. The van der Waals surface area contributed by atoms with E-state index in [2.05, 4.69) is 9.71 Å². The fourth-order valence-corrected chi connectivity index (χ4v) is 4.03. The van der Waals surface area contributed by atoms with Gasteiger partial charge in [-0.1, -0.05) is 29.5 Å². The van der Waals surface area contributed by atoms with E-state index < -0.39 is 16.0 Å². The molecule has 0 aliphatic heterocycles. The van der Waals surface area contributed by atoms with Crippen molar-refractivity contribution >= 4 is 42.7 Å². The van der Waals surface area contributed by atoms with E-state index in [1.165, 1.54) is 29.5 Å². The van der Waals surface area contributed by atoms with Crippen LogP contribution in [0.3, 0.4) is 0 Å². The number of aromatic nitrogens is 1.